The second-order valence-electron chi connectivity index (χ2n) is 4.71. The van der Waals surface area contributed by atoms with Gasteiger partial charge in [-0.1, -0.05) is 0 Å². The SMILES string of the molecule is O=[N+]([O-])/N=C1\NCN(Cc2ccco2)CN1/N=C/c1ccco1. The van der Waals surface area contributed by atoms with Crippen LogP contribution in [0.5, 0.6) is 0 Å². The molecule has 3 rings (SSSR count). The molecule has 0 amide bonds. The quantitative estimate of drug-likeness (QED) is 0.498. The predicted molar refractivity (Wildman–Crippen MR) is 79.7 cm³/mol. The molecule has 1 aliphatic rings. The zero-order valence-electron chi connectivity index (χ0n) is 12.0. The highest BCUT2D eigenvalue weighted by Crippen LogP contribution is 2.09. The number of nitro groups is 1. The third-order valence-corrected chi connectivity index (χ3v) is 3.04. The zero-order chi connectivity index (χ0) is 16.1. The lowest BCUT2D eigenvalue weighted by molar-refractivity contribution is -0.486. The van der Waals surface area contributed by atoms with Crippen LogP contribution in [0.15, 0.2) is 55.8 Å². The van der Waals surface area contributed by atoms with Crippen molar-refractivity contribution in [3.63, 3.8) is 0 Å². The van der Waals surface area contributed by atoms with Gasteiger partial charge in [0.1, 0.15) is 16.6 Å². The first-order chi connectivity index (χ1) is 11.2. The fraction of sp³-hybridized carbons (Fsp3) is 0.231. The number of nitrogens with one attached hydrogen (secondary N) is 1. The van der Waals surface area contributed by atoms with Crippen LogP contribution in [0.3, 0.4) is 0 Å². The Morgan fingerprint density at radius 3 is 2.87 bits per heavy atom. The largest absolute Gasteiger partial charge is 0.468 e. The second kappa shape index (κ2) is 6.75. The lowest BCUT2D eigenvalue weighted by Crippen LogP contribution is -2.54. The van der Waals surface area contributed by atoms with Gasteiger partial charge in [0.2, 0.25) is 0 Å². The summed E-state index contributed by atoms with van der Waals surface area (Å²) in [4.78, 5) is 12.6. The van der Waals surface area contributed by atoms with E-state index in [-0.39, 0.29) is 5.96 Å². The maximum atomic E-state index is 10.6. The molecule has 0 bridgehead atoms. The minimum absolute atomic E-state index is 0.0634. The Bertz CT molecular complexity index is 694. The maximum Gasteiger partial charge on any atom is 0.294 e. The monoisotopic (exact) mass is 318 g/mol. The van der Waals surface area contributed by atoms with Crippen LogP contribution in [-0.4, -0.2) is 40.5 Å². The van der Waals surface area contributed by atoms with Crippen molar-refractivity contribution in [1.82, 2.24) is 15.2 Å². The van der Waals surface area contributed by atoms with Gasteiger partial charge in [-0.05, 0) is 24.3 Å². The number of guanidine groups is 1. The third-order valence-electron chi connectivity index (χ3n) is 3.04. The molecular weight excluding hydrogens is 304 g/mol. The molecule has 3 heterocycles. The standard InChI is InChI=1S/C13H14N6O4/c20-19(21)16-13-14-9-17(8-12-4-2-6-23-12)10-18(13)15-7-11-3-1-5-22-11/h1-7H,8-10H2,(H,14,16)/b15-7+. The van der Waals surface area contributed by atoms with Gasteiger partial charge in [-0.15, -0.1) is 0 Å². The molecule has 23 heavy (non-hydrogen) atoms. The average Bonchev–Trinajstić information content (AvgIpc) is 3.20. The van der Waals surface area contributed by atoms with E-state index >= 15 is 0 Å². The van der Waals surface area contributed by atoms with Crippen molar-refractivity contribution >= 4 is 12.2 Å². The number of nitrogens with zero attached hydrogens (tertiary/aromatic N) is 5. The van der Waals surface area contributed by atoms with Gasteiger partial charge >= 0.3 is 0 Å². The number of hydrazone groups is 2. The van der Waals surface area contributed by atoms with Crippen molar-refractivity contribution in [2.24, 2.45) is 10.2 Å². The fourth-order valence-corrected chi connectivity index (χ4v) is 2.06. The van der Waals surface area contributed by atoms with Gasteiger partial charge in [0, 0.05) is 0 Å². The van der Waals surface area contributed by atoms with Crippen LogP contribution in [-0.2, 0) is 6.54 Å². The van der Waals surface area contributed by atoms with E-state index in [1.54, 1.807) is 24.5 Å². The molecular formula is C13H14N6O4. The summed E-state index contributed by atoms with van der Waals surface area (Å²) in [6, 6.07) is 7.12. The summed E-state index contributed by atoms with van der Waals surface area (Å²) in [5.41, 5.74) is 0. The predicted octanol–water partition coefficient (Wildman–Crippen LogP) is 1.08. The van der Waals surface area contributed by atoms with E-state index in [9.17, 15) is 10.1 Å². The molecule has 0 spiro atoms. The topological polar surface area (TPSA) is 113 Å². The average molecular weight is 318 g/mol. The number of furan rings is 2. The van der Waals surface area contributed by atoms with Gasteiger partial charge in [-0.3, -0.25) is 4.90 Å². The summed E-state index contributed by atoms with van der Waals surface area (Å²) < 4.78 is 10.5. The summed E-state index contributed by atoms with van der Waals surface area (Å²) in [5, 5.41) is 21.6. The molecule has 2 aromatic rings. The van der Waals surface area contributed by atoms with Gasteiger partial charge in [-0.25, -0.2) is 15.1 Å². The van der Waals surface area contributed by atoms with Crippen molar-refractivity contribution in [1.29, 1.82) is 0 Å². The first kappa shape index (κ1) is 14.8. The molecule has 0 radical (unpaired) electrons. The van der Waals surface area contributed by atoms with Crippen LogP contribution in [0.2, 0.25) is 0 Å². The van der Waals surface area contributed by atoms with Crippen LogP contribution in [0, 0.1) is 10.1 Å². The van der Waals surface area contributed by atoms with Crippen molar-refractivity contribution in [2.75, 3.05) is 13.3 Å². The summed E-state index contributed by atoms with van der Waals surface area (Å²) in [5.74, 6) is 1.39. The van der Waals surface area contributed by atoms with E-state index in [1.807, 2.05) is 11.0 Å². The molecule has 1 aliphatic heterocycles. The van der Waals surface area contributed by atoms with Crippen LogP contribution in [0.1, 0.15) is 11.5 Å². The minimum Gasteiger partial charge on any atom is -0.468 e. The van der Waals surface area contributed by atoms with E-state index in [2.05, 4.69) is 15.5 Å². The normalized spacial score (nSPS) is 17.7. The molecule has 0 saturated carbocycles. The van der Waals surface area contributed by atoms with Crippen LogP contribution in [0.25, 0.3) is 0 Å². The third kappa shape index (κ3) is 3.95. The Morgan fingerprint density at radius 2 is 2.17 bits per heavy atom. The van der Waals surface area contributed by atoms with Gasteiger partial charge in [-0.2, -0.15) is 5.10 Å². The van der Waals surface area contributed by atoms with Gasteiger partial charge in [0.25, 0.3) is 5.96 Å². The second-order valence-corrected chi connectivity index (χ2v) is 4.71. The number of rotatable bonds is 5. The van der Waals surface area contributed by atoms with Gasteiger partial charge < -0.3 is 14.2 Å². The van der Waals surface area contributed by atoms with Crippen molar-refractivity contribution < 1.29 is 13.9 Å². The summed E-state index contributed by atoms with van der Waals surface area (Å²) in [7, 11) is 0. The maximum absolute atomic E-state index is 10.6. The Labute approximate surface area is 130 Å². The van der Waals surface area contributed by atoms with Crippen LogP contribution in [0.4, 0.5) is 0 Å². The van der Waals surface area contributed by atoms with E-state index in [4.69, 9.17) is 8.83 Å². The van der Waals surface area contributed by atoms with Crippen molar-refractivity contribution in [3.05, 3.63) is 58.4 Å². The molecule has 0 unspecified atom stereocenters. The van der Waals surface area contributed by atoms with Crippen molar-refractivity contribution in [2.45, 2.75) is 6.54 Å². The Kier molecular flexibility index (Phi) is 4.34. The van der Waals surface area contributed by atoms with Crippen molar-refractivity contribution in [3.8, 4) is 0 Å². The number of hydrogen-bond acceptors (Lipinski definition) is 6. The molecule has 2 aromatic heterocycles. The molecule has 120 valence electrons. The molecule has 1 saturated heterocycles. The van der Waals surface area contributed by atoms with Crippen LogP contribution < -0.4 is 5.32 Å². The highest BCUT2D eigenvalue weighted by molar-refractivity contribution is 5.82. The Morgan fingerprint density at radius 1 is 1.35 bits per heavy atom. The smallest absolute Gasteiger partial charge is 0.294 e. The lowest BCUT2D eigenvalue weighted by atomic mass is 10.4. The molecule has 1 N–H and O–H groups in total. The van der Waals surface area contributed by atoms with Crippen LogP contribution >= 0.6 is 0 Å². The Hall–Kier alpha value is -3.14. The molecule has 1 fully saturated rings. The number of hydrogen-bond donors (Lipinski definition) is 1. The fourth-order valence-electron chi connectivity index (χ4n) is 2.06. The van der Waals surface area contributed by atoms with E-state index < -0.39 is 5.03 Å². The highest BCUT2D eigenvalue weighted by Gasteiger charge is 2.24. The molecule has 0 aliphatic carbocycles. The summed E-state index contributed by atoms with van der Waals surface area (Å²) in [6.07, 6.45) is 4.58. The first-order valence-corrected chi connectivity index (χ1v) is 6.77. The Balaban J connectivity index is 1.73. The lowest BCUT2D eigenvalue weighted by Gasteiger charge is -2.33. The summed E-state index contributed by atoms with van der Waals surface area (Å²) >= 11 is 0. The molecule has 0 atom stereocenters. The molecule has 10 nitrogen and oxygen atoms in total. The zero-order valence-corrected chi connectivity index (χ0v) is 12.0. The molecule has 0 aromatic carbocycles. The summed E-state index contributed by atoms with van der Waals surface area (Å²) in [6.45, 7) is 1.25. The highest BCUT2D eigenvalue weighted by atomic mass is 16.7. The van der Waals surface area contributed by atoms with Gasteiger partial charge in [0.15, 0.2) is 5.03 Å². The minimum atomic E-state index is -0.764. The first-order valence-electron chi connectivity index (χ1n) is 6.77. The van der Waals surface area contributed by atoms with E-state index in [0.717, 1.165) is 5.76 Å². The van der Waals surface area contributed by atoms with E-state index in [1.165, 1.54) is 17.5 Å². The van der Waals surface area contributed by atoms with E-state index in [0.29, 0.717) is 25.6 Å². The van der Waals surface area contributed by atoms with Gasteiger partial charge in [0.05, 0.1) is 38.6 Å². The molecule has 10 heteroatoms.